The van der Waals surface area contributed by atoms with Gasteiger partial charge in [-0.2, -0.15) is 0 Å². The highest BCUT2D eigenvalue weighted by atomic mass is 15.2. The van der Waals surface area contributed by atoms with Gasteiger partial charge in [0.1, 0.15) is 18.0 Å². The van der Waals surface area contributed by atoms with E-state index in [1.54, 1.807) is 6.33 Å². The van der Waals surface area contributed by atoms with Crippen molar-refractivity contribution in [3.63, 3.8) is 0 Å². The van der Waals surface area contributed by atoms with Gasteiger partial charge in [0, 0.05) is 25.7 Å². The highest BCUT2D eigenvalue weighted by Crippen LogP contribution is 2.23. The van der Waals surface area contributed by atoms with Crippen molar-refractivity contribution in [1.82, 2.24) is 9.97 Å². The van der Waals surface area contributed by atoms with Crippen LogP contribution in [0, 0.1) is 6.92 Å². The standard InChI is InChI=1S/C15H20N4/c1-4-19(10-13-8-6-5-7-9-13)15-12(2)14(16-3)17-11-18-15/h5-9,11H,4,10H2,1-3H3,(H,16,17,18). The number of nitrogens with zero attached hydrogens (tertiary/aromatic N) is 3. The van der Waals surface area contributed by atoms with Gasteiger partial charge >= 0.3 is 0 Å². The number of benzene rings is 1. The van der Waals surface area contributed by atoms with Crippen molar-refractivity contribution in [1.29, 1.82) is 0 Å². The molecule has 19 heavy (non-hydrogen) atoms. The van der Waals surface area contributed by atoms with Crippen LogP contribution in [0.15, 0.2) is 36.7 Å². The van der Waals surface area contributed by atoms with Crippen molar-refractivity contribution in [2.24, 2.45) is 0 Å². The van der Waals surface area contributed by atoms with Crippen molar-refractivity contribution in [2.45, 2.75) is 20.4 Å². The Hall–Kier alpha value is -2.10. The molecule has 0 atom stereocenters. The Morgan fingerprint density at radius 3 is 2.53 bits per heavy atom. The Morgan fingerprint density at radius 1 is 1.16 bits per heavy atom. The zero-order chi connectivity index (χ0) is 13.7. The van der Waals surface area contributed by atoms with Crippen molar-refractivity contribution in [3.05, 3.63) is 47.8 Å². The van der Waals surface area contributed by atoms with E-state index in [1.807, 2.05) is 13.1 Å². The Labute approximate surface area is 114 Å². The molecule has 0 aliphatic heterocycles. The van der Waals surface area contributed by atoms with Crippen LogP contribution in [-0.4, -0.2) is 23.6 Å². The maximum absolute atomic E-state index is 4.43. The van der Waals surface area contributed by atoms with Crippen LogP contribution in [0.5, 0.6) is 0 Å². The lowest BCUT2D eigenvalue weighted by Gasteiger charge is -2.24. The molecule has 2 rings (SSSR count). The molecule has 0 saturated heterocycles. The Kier molecular flexibility index (Phi) is 4.34. The molecule has 0 amide bonds. The van der Waals surface area contributed by atoms with Crippen molar-refractivity contribution >= 4 is 11.6 Å². The molecule has 0 aliphatic rings. The molecular weight excluding hydrogens is 236 g/mol. The van der Waals surface area contributed by atoms with E-state index in [2.05, 4.69) is 58.3 Å². The molecule has 100 valence electrons. The van der Waals surface area contributed by atoms with Crippen LogP contribution >= 0.6 is 0 Å². The molecule has 1 heterocycles. The van der Waals surface area contributed by atoms with Crippen LogP contribution in [-0.2, 0) is 6.54 Å². The van der Waals surface area contributed by atoms with Crippen LogP contribution in [0.25, 0.3) is 0 Å². The van der Waals surface area contributed by atoms with Crippen LogP contribution in [0.1, 0.15) is 18.1 Å². The van der Waals surface area contributed by atoms with Gasteiger partial charge in [0.2, 0.25) is 0 Å². The summed E-state index contributed by atoms with van der Waals surface area (Å²) in [6.45, 7) is 5.96. The summed E-state index contributed by atoms with van der Waals surface area (Å²) in [5, 5.41) is 3.10. The van der Waals surface area contributed by atoms with Gasteiger partial charge in [0.15, 0.2) is 0 Å². The number of aromatic nitrogens is 2. The van der Waals surface area contributed by atoms with E-state index >= 15 is 0 Å². The minimum Gasteiger partial charge on any atom is -0.373 e. The first-order valence-corrected chi connectivity index (χ1v) is 6.54. The molecule has 2 aromatic rings. The van der Waals surface area contributed by atoms with Gasteiger partial charge < -0.3 is 10.2 Å². The van der Waals surface area contributed by atoms with Crippen molar-refractivity contribution < 1.29 is 0 Å². The average Bonchev–Trinajstić information content (AvgIpc) is 2.46. The molecule has 0 radical (unpaired) electrons. The minimum absolute atomic E-state index is 0.859. The van der Waals surface area contributed by atoms with E-state index in [4.69, 9.17) is 0 Å². The third-order valence-electron chi connectivity index (χ3n) is 3.19. The number of anilines is 2. The highest BCUT2D eigenvalue weighted by Gasteiger charge is 2.12. The molecule has 1 aromatic heterocycles. The predicted molar refractivity (Wildman–Crippen MR) is 79.5 cm³/mol. The van der Waals surface area contributed by atoms with E-state index in [0.29, 0.717) is 0 Å². The monoisotopic (exact) mass is 256 g/mol. The molecule has 0 saturated carbocycles. The SMILES string of the molecule is CCN(Cc1ccccc1)c1ncnc(NC)c1C. The maximum atomic E-state index is 4.43. The second-order valence-electron chi connectivity index (χ2n) is 4.42. The van der Waals surface area contributed by atoms with E-state index in [-0.39, 0.29) is 0 Å². The van der Waals surface area contributed by atoms with Crippen molar-refractivity contribution in [3.8, 4) is 0 Å². The highest BCUT2D eigenvalue weighted by molar-refractivity contribution is 5.57. The lowest BCUT2D eigenvalue weighted by Crippen LogP contribution is -2.24. The van der Waals surface area contributed by atoms with Gasteiger partial charge in [0.05, 0.1) is 0 Å². The molecule has 4 heteroatoms. The molecule has 0 fully saturated rings. The van der Waals surface area contributed by atoms with Crippen LogP contribution < -0.4 is 10.2 Å². The maximum Gasteiger partial charge on any atom is 0.137 e. The van der Waals surface area contributed by atoms with Gasteiger partial charge in [-0.25, -0.2) is 9.97 Å². The first kappa shape index (κ1) is 13.3. The largest absolute Gasteiger partial charge is 0.373 e. The van der Waals surface area contributed by atoms with Crippen LogP contribution in [0.2, 0.25) is 0 Å². The van der Waals surface area contributed by atoms with Gasteiger partial charge in [-0.1, -0.05) is 30.3 Å². The summed E-state index contributed by atoms with van der Waals surface area (Å²) in [4.78, 5) is 10.9. The fourth-order valence-corrected chi connectivity index (χ4v) is 2.15. The zero-order valence-electron chi connectivity index (χ0n) is 11.7. The Morgan fingerprint density at radius 2 is 1.89 bits per heavy atom. The summed E-state index contributed by atoms with van der Waals surface area (Å²) in [6, 6.07) is 10.4. The second kappa shape index (κ2) is 6.18. The lowest BCUT2D eigenvalue weighted by atomic mass is 10.2. The first-order chi connectivity index (χ1) is 9.26. The molecule has 0 unspecified atom stereocenters. The number of hydrogen-bond acceptors (Lipinski definition) is 4. The molecule has 0 bridgehead atoms. The van der Waals surface area contributed by atoms with Gasteiger partial charge in [0.25, 0.3) is 0 Å². The number of rotatable bonds is 5. The first-order valence-electron chi connectivity index (χ1n) is 6.54. The average molecular weight is 256 g/mol. The summed E-state index contributed by atoms with van der Waals surface area (Å²) < 4.78 is 0. The van der Waals surface area contributed by atoms with Gasteiger partial charge in [-0.3, -0.25) is 0 Å². The third-order valence-corrected chi connectivity index (χ3v) is 3.19. The molecule has 0 spiro atoms. The topological polar surface area (TPSA) is 41.1 Å². The van der Waals surface area contributed by atoms with Gasteiger partial charge in [-0.05, 0) is 19.4 Å². The van der Waals surface area contributed by atoms with Crippen LogP contribution in [0.3, 0.4) is 0 Å². The van der Waals surface area contributed by atoms with Crippen molar-refractivity contribution in [2.75, 3.05) is 23.8 Å². The van der Waals surface area contributed by atoms with E-state index in [1.165, 1.54) is 5.56 Å². The number of hydrogen-bond donors (Lipinski definition) is 1. The summed E-state index contributed by atoms with van der Waals surface area (Å²) in [5.41, 5.74) is 2.37. The summed E-state index contributed by atoms with van der Waals surface area (Å²) in [5.74, 6) is 1.88. The Balaban J connectivity index is 2.27. The molecular formula is C15H20N4. The molecule has 1 aromatic carbocycles. The van der Waals surface area contributed by atoms with E-state index in [9.17, 15) is 0 Å². The Bertz CT molecular complexity index is 525. The molecule has 1 N–H and O–H groups in total. The fourth-order valence-electron chi connectivity index (χ4n) is 2.15. The molecule has 0 aliphatic carbocycles. The normalized spacial score (nSPS) is 10.3. The quantitative estimate of drug-likeness (QED) is 0.893. The number of nitrogens with one attached hydrogen (secondary N) is 1. The zero-order valence-corrected chi connectivity index (χ0v) is 11.7. The smallest absolute Gasteiger partial charge is 0.137 e. The second-order valence-corrected chi connectivity index (χ2v) is 4.42. The van der Waals surface area contributed by atoms with E-state index < -0.39 is 0 Å². The van der Waals surface area contributed by atoms with Crippen LogP contribution in [0.4, 0.5) is 11.6 Å². The fraction of sp³-hybridized carbons (Fsp3) is 0.333. The molecule has 4 nitrogen and oxygen atoms in total. The van der Waals surface area contributed by atoms with Gasteiger partial charge in [-0.15, -0.1) is 0 Å². The summed E-state index contributed by atoms with van der Waals surface area (Å²) >= 11 is 0. The summed E-state index contributed by atoms with van der Waals surface area (Å²) in [7, 11) is 1.88. The lowest BCUT2D eigenvalue weighted by molar-refractivity contribution is 0.805. The summed E-state index contributed by atoms with van der Waals surface area (Å²) in [6.07, 6.45) is 1.61. The van der Waals surface area contributed by atoms with E-state index in [0.717, 1.165) is 30.3 Å². The third kappa shape index (κ3) is 3.02. The predicted octanol–water partition coefficient (Wildman–Crippen LogP) is 2.85. The minimum atomic E-state index is 0.859.